The summed E-state index contributed by atoms with van der Waals surface area (Å²) in [6.07, 6.45) is 2.48. The Hall–Kier alpha value is -2.01. The number of amides is 1. The maximum Gasteiger partial charge on any atom is 0.248 e. The molecule has 102 valence electrons. The van der Waals surface area contributed by atoms with E-state index in [2.05, 4.69) is 21.2 Å². The molecule has 0 fully saturated rings. The van der Waals surface area contributed by atoms with Crippen LogP contribution >= 0.6 is 15.9 Å². The van der Waals surface area contributed by atoms with Gasteiger partial charge in [0.15, 0.2) is 0 Å². The van der Waals surface area contributed by atoms with Crippen molar-refractivity contribution in [2.75, 3.05) is 5.32 Å². The minimum Gasteiger partial charge on any atom is -0.320 e. The molecule has 0 aliphatic carbocycles. The quantitative estimate of drug-likeness (QED) is 0.827. The maximum atomic E-state index is 13.4. The number of carbonyl (C=O) groups is 1. The van der Waals surface area contributed by atoms with Gasteiger partial charge in [-0.25, -0.2) is 8.78 Å². The van der Waals surface area contributed by atoms with Crippen molar-refractivity contribution >= 4 is 33.6 Å². The molecular formula is C15H10BrF2NO. The van der Waals surface area contributed by atoms with Crippen molar-refractivity contribution < 1.29 is 13.6 Å². The second kappa shape index (κ2) is 6.43. The standard InChI is InChI=1S/C15H10BrF2NO/c16-11-6-7-12(17)10(9-11)5-8-15(20)19-14-4-2-1-3-13(14)18/h1-9H,(H,19,20)/b8-5+. The Balaban J connectivity index is 2.10. The predicted molar refractivity (Wildman–Crippen MR) is 78.2 cm³/mol. The summed E-state index contributed by atoms with van der Waals surface area (Å²) in [7, 11) is 0. The van der Waals surface area contributed by atoms with Crippen LogP contribution in [0.3, 0.4) is 0 Å². The van der Waals surface area contributed by atoms with Gasteiger partial charge in [-0.2, -0.15) is 0 Å². The van der Waals surface area contributed by atoms with Crippen molar-refractivity contribution in [3.8, 4) is 0 Å². The summed E-state index contributed by atoms with van der Waals surface area (Å²) in [5.41, 5.74) is 0.347. The molecule has 2 rings (SSSR count). The van der Waals surface area contributed by atoms with E-state index in [4.69, 9.17) is 0 Å². The van der Waals surface area contributed by atoms with Crippen LogP contribution in [-0.4, -0.2) is 5.91 Å². The lowest BCUT2D eigenvalue weighted by Crippen LogP contribution is -2.09. The predicted octanol–water partition coefficient (Wildman–Crippen LogP) is 4.38. The lowest BCUT2D eigenvalue weighted by atomic mass is 10.2. The molecule has 0 heterocycles. The summed E-state index contributed by atoms with van der Waals surface area (Å²) in [6.45, 7) is 0. The third-order valence-electron chi connectivity index (χ3n) is 2.50. The van der Waals surface area contributed by atoms with E-state index in [1.54, 1.807) is 18.2 Å². The zero-order chi connectivity index (χ0) is 14.5. The van der Waals surface area contributed by atoms with Crippen LogP contribution in [-0.2, 0) is 4.79 Å². The first-order valence-electron chi connectivity index (χ1n) is 5.75. The Morgan fingerprint density at radius 2 is 1.85 bits per heavy atom. The van der Waals surface area contributed by atoms with Gasteiger partial charge in [0.25, 0.3) is 0 Å². The highest BCUT2D eigenvalue weighted by Gasteiger charge is 2.04. The lowest BCUT2D eigenvalue weighted by Gasteiger charge is -2.03. The maximum absolute atomic E-state index is 13.4. The topological polar surface area (TPSA) is 29.1 Å². The van der Waals surface area contributed by atoms with Crippen molar-refractivity contribution in [2.24, 2.45) is 0 Å². The van der Waals surface area contributed by atoms with Gasteiger partial charge in [0.1, 0.15) is 11.6 Å². The molecule has 0 saturated heterocycles. The van der Waals surface area contributed by atoms with Crippen molar-refractivity contribution in [3.05, 3.63) is 70.2 Å². The molecule has 0 aromatic heterocycles. The van der Waals surface area contributed by atoms with Gasteiger partial charge in [-0.05, 0) is 36.4 Å². The Labute approximate surface area is 123 Å². The fraction of sp³-hybridized carbons (Fsp3) is 0. The van der Waals surface area contributed by atoms with Crippen LogP contribution in [0, 0.1) is 11.6 Å². The monoisotopic (exact) mass is 337 g/mol. The molecular weight excluding hydrogens is 328 g/mol. The molecule has 0 saturated carbocycles. The normalized spacial score (nSPS) is 10.8. The Bertz CT molecular complexity index is 671. The highest BCUT2D eigenvalue weighted by Crippen LogP contribution is 2.17. The molecule has 0 radical (unpaired) electrons. The second-order valence-electron chi connectivity index (χ2n) is 3.97. The van der Waals surface area contributed by atoms with E-state index in [1.807, 2.05) is 0 Å². The van der Waals surface area contributed by atoms with Gasteiger partial charge in [-0.3, -0.25) is 4.79 Å². The van der Waals surface area contributed by atoms with E-state index in [-0.39, 0.29) is 11.3 Å². The van der Waals surface area contributed by atoms with Crippen LogP contribution in [0.25, 0.3) is 6.08 Å². The Morgan fingerprint density at radius 3 is 2.60 bits per heavy atom. The third kappa shape index (κ3) is 3.74. The molecule has 0 aliphatic heterocycles. The second-order valence-corrected chi connectivity index (χ2v) is 4.88. The van der Waals surface area contributed by atoms with Crippen LogP contribution in [0.2, 0.25) is 0 Å². The molecule has 20 heavy (non-hydrogen) atoms. The van der Waals surface area contributed by atoms with Crippen molar-refractivity contribution in [2.45, 2.75) is 0 Å². The van der Waals surface area contributed by atoms with Gasteiger partial charge in [0, 0.05) is 16.1 Å². The van der Waals surface area contributed by atoms with Gasteiger partial charge in [-0.15, -0.1) is 0 Å². The Kier molecular flexibility index (Phi) is 4.63. The number of nitrogens with one attached hydrogen (secondary N) is 1. The SMILES string of the molecule is O=C(/C=C/c1cc(Br)ccc1F)Nc1ccccc1F. The van der Waals surface area contributed by atoms with E-state index in [1.165, 1.54) is 30.3 Å². The fourth-order valence-corrected chi connectivity index (χ4v) is 1.92. The molecule has 2 aromatic carbocycles. The zero-order valence-electron chi connectivity index (χ0n) is 10.2. The number of rotatable bonds is 3. The van der Waals surface area contributed by atoms with Crippen LogP contribution in [0.5, 0.6) is 0 Å². The molecule has 0 unspecified atom stereocenters. The average Bonchev–Trinajstić information content (AvgIpc) is 2.42. The third-order valence-corrected chi connectivity index (χ3v) is 3.00. The van der Waals surface area contributed by atoms with Gasteiger partial charge in [-0.1, -0.05) is 28.1 Å². The fourth-order valence-electron chi connectivity index (χ4n) is 1.54. The number of anilines is 1. The molecule has 1 amide bonds. The summed E-state index contributed by atoms with van der Waals surface area (Å²) >= 11 is 3.22. The molecule has 1 N–H and O–H groups in total. The van der Waals surface area contributed by atoms with Crippen LogP contribution in [0.1, 0.15) is 5.56 Å². The molecule has 5 heteroatoms. The van der Waals surface area contributed by atoms with Crippen molar-refractivity contribution in [1.82, 2.24) is 0 Å². The average molecular weight is 338 g/mol. The highest BCUT2D eigenvalue weighted by molar-refractivity contribution is 9.10. The summed E-state index contributed by atoms with van der Waals surface area (Å²) in [5.74, 6) is -1.50. The van der Waals surface area contributed by atoms with Gasteiger partial charge < -0.3 is 5.32 Å². The largest absolute Gasteiger partial charge is 0.320 e. The molecule has 0 bridgehead atoms. The van der Waals surface area contributed by atoms with E-state index >= 15 is 0 Å². The number of hydrogen-bond acceptors (Lipinski definition) is 1. The Morgan fingerprint density at radius 1 is 1.10 bits per heavy atom. The minimum atomic E-state index is -0.533. The van der Waals surface area contributed by atoms with Gasteiger partial charge in [0.2, 0.25) is 5.91 Å². The number of carbonyl (C=O) groups excluding carboxylic acids is 1. The molecule has 0 spiro atoms. The first-order valence-corrected chi connectivity index (χ1v) is 6.54. The van der Waals surface area contributed by atoms with E-state index in [0.29, 0.717) is 4.47 Å². The van der Waals surface area contributed by atoms with Crippen LogP contribution < -0.4 is 5.32 Å². The molecule has 0 atom stereocenters. The smallest absolute Gasteiger partial charge is 0.248 e. The zero-order valence-corrected chi connectivity index (χ0v) is 11.8. The summed E-state index contributed by atoms with van der Waals surface area (Å²) in [5, 5.41) is 2.38. The van der Waals surface area contributed by atoms with Crippen molar-refractivity contribution in [1.29, 1.82) is 0 Å². The minimum absolute atomic E-state index is 0.0804. The molecule has 2 nitrogen and oxygen atoms in total. The highest BCUT2D eigenvalue weighted by atomic mass is 79.9. The summed E-state index contributed by atoms with van der Waals surface area (Å²) in [4.78, 5) is 11.6. The first kappa shape index (κ1) is 14.4. The summed E-state index contributed by atoms with van der Waals surface area (Å²) in [6, 6.07) is 10.2. The van der Waals surface area contributed by atoms with E-state index in [9.17, 15) is 13.6 Å². The van der Waals surface area contributed by atoms with E-state index in [0.717, 1.165) is 6.08 Å². The summed E-state index contributed by atoms with van der Waals surface area (Å²) < 4.78 is 27.5. The first-order chi connectivity index (χ1) is 9.56. The van der Waals surface area contributed by atoms with Crippen LogP contribution in [0.4, 0.5) is 14.5 Å². The van der Waals surface area contributed by atoms with Crippen molar-refractivity contribution in [3.63, 3.8) is 0 Å². The lowest BCUT2D eigenvalue weighted by molar-refractivity contribution is -0.111. The molecule has 2 aromatic rings. The van der Waals surface area contributed by atoms with Gasteiger partial charge >= 0.3 is 0 Å². The number of para-hydroxylation sites is 1. The molecule has 0 aliphatic rings. The van der Waals surface area contributed by atoms with Crippen LogP contribution in [0.15, 0.2) is 53.0 Å². The number of hydrogen-bond donors (Lipinski definition) is 1. The number of halogens is 3. The number of benzene rings is 2. The van der Waals surface area contributed by atoms with Gasteiger partial charge in [0.05, 0.1) is 5.69 Å². The van der Waals surface area contributed by atoms with E-state index < -0.39 is 17.5 Å².